The minimum absolute atomic E-state index is 0.470. The molecule has 0 bridgehead atoms. The first-order valence-corrected chi connectivity index (χ1v) is 5.10. The number of benzene rings is 1. The summed E-state index contributed by atoms with van der Waals surface area (Å²) in [6, 6.07) is 5.27. The number of halogens is 1. The van der Waals surface area contributed by atoms with Gasteiger partial charge in [0.15, 0.2) is 0 Å². The molecule has 0 aliphatic rings. The first kappa shape index (κ1) is 12.3. The number of hydrogen-bond acceptors (Lipinski definition) is 3. The van der Waals surface area contributed by atoms with Gasteiger partial charge in [0, 0.05) is 6.54 Å². The van der Waals surface area contributed by atoms with Crippen LogP contribution in [0.3, 0.4) is 0 Å². The van der Waals surface area contributed by atoms with Crippen molar-refractivity contribution in [3.05, 3.63) is 28.8 Å². The predicted octanol–water partition coefficient (Wildman–Crippen LogP) is 1.78. The first-order valence-electron chi connectivity index (χ1n) is 4.72. The maximum atomic E-state index is 10.1. The maximum absolute atomic E-state index is 10.1. The van der Waals surface area contributed by atoms with Crippen LogP contribution in [0.4, 0.5) is 0 Å². The van der Waals surface area contributed by atoms with Crippen molar-refractivity contribution in [3.63, 3.8) is 0 Å². The number of ether oxygens (including phenoxy) is 1. The van der Waals surface area contributed by atoms with Gasteiger partial charge in [0.25, 0.3) is 0 Å². The number of hydrogen-bond donors (Lipinski definition) is 2. The molecule has 0 amide bonds. The molecule has 0 saturated heterocycles. The number of likely N-dealkylation sites (N-methyl/N-ethyl adjacent to an activating group) is 1. The van der Waals surface area contributed by atoms with E-state index in [1.54, 1.807) is 39.3 Å². The van der Waals surface area contributed by atoms with E-state index in [4.69, 9.17) is 16.3 Å². The lowest BCUT2D eigenvalue weighted by molar-refractivity contribution is 0.0589. The third-order valence-corrected chi connectivity index (χ3v) is 2.61. The minimum atomic E-state index is -0.924. The first-order chi connectivity index (χ1) is 7.01. The molecule has 1 rings (SSSR count). The molecular weight excluding hydrogens is 214 g/mol. The molecule has 1 unspecified atom stereocenters. The lowest BCUT2D eigenvalue weighted by atomic mass is 9.96. The van der Waals surface area contributed by atoms with E-state index in [1.807, 2.05) is 0 Å². The molecule has 0 spiro atoms. The quantitative estimate of drug-likeness (QED) is 0.827. The summed E-state index contributed by atoms with van der Waals surface area (Å²) in [5.41, 5.74) is -0.148. The summed E-state index contributed by atoms with van der Waals surface area (Å²) in [5.74, 6) is 0.575. The molecular formula is C11H16ClNO2. The molecule has 0 saturated carbocycles. The molecule has 1 aromatic rings. The maximum Gasteiger partial charge on any atom is 0.137 e. The molecule has 0 aliphatic heterocycles. The Morgan fingerprint density at radius 2 is 2.20 bits per heavy atom. The van der Waals surface area contributed by atoms with Crippen molar-refractivity contribution in [2.45, 2.75) is 12.5 Å². The smallest absolute Gasteiger partial charge is 0.137 e. The van der Waals surface area contributed by atoms with Gasteiger partial charge in [0.2, 0.25) is 0 Å². The molecule has 0 fully saturated rings. The zero-order valence-electron chi connectivity index (χ0n) is 9.17. The normalized spacial score (nSPS) is 14.7. The number of aliphatic hydroxyl groups is 1. The van der Waals surface area contributed by atoms with Crippen LogP contribution < -0.4 is 10.1 Å². The van der Waals surface area contributed by atoms with Gasteiger partial charge in [-0.2, -0.15) is 0 Å². The Morgan fingerprint density at radius 1 is 1.53 bits per heavy atom. The highest BCUT2D eigenvalue weighted by Gasteiger charge is 2.22. The highest BCUT2D eigenvalue weighted by Crippen LogP contribution is 2.29. The highest BCUT2D eigenvalue weighted by atomic mass is 35.5. The number of methoxy groups -OCH3 is 1. The Morgan fingerprint density at radius 3 is 2.73 bits per heavy atom. The third kappa shape index (κ3) is 2.84. The molecule has 1 atom stereocenters. The molecule has 1 aromatic carbocycles. The van der Waals surface area contributed by atoms with E-state index in [1.165, 1.54) is 0 Å². The van der Waals surface area contributed by atoms with Gasteiger partial charge in [0.05, 0.1) is 17.7 Å². The summed E-state index contributed by atoms with van der Waals surface area (Å²) < 4.78 is 5.10. The summed E-state index contributed by atoms with van der Waals surface area (Å²) in [4.78, 5) is 0. The van der Waals surface area contributed by atoms with Crippen LogP contribution in [-0.4, -0.2) is 25.8 Å². The zero-order valence-corrected chi connectivity index (χ0v) is 9.93. The molecule has 3 nitrogen and oxygen atoms in total. The summed E-state index contributed by atoms with van der Waals surface area (Å²) >= 11 is 5.90. The van der Waals surface area contributed by atoms with Crippen molar-refractivity contribution >= 4 is 11.6 Å². The van der Waals surface area contributed by atoms with E-state index in [2.05, 4.69) is 5.32 Å². The Kier molecular flexibility index (Phi) is 3.97. The van der Waals surface area contributed by atoms with Gasteiger partial charge < -0.3 is 15.2 Å². The monoisotopic (exact) mass is 229 g/mol. The second kappa shape index (κ2) is 4.84. The molecule has 4 heteroatoms. The van der Waals surface area contributed by atoms with Crippen LogP contribution in [0.15, 0.2) is 18.2 Å². The van der Waals surface area contributed by atoms with Crippen LogP contribution >= 0.6 is 11.6 Å². The van der Waals surface area contributed by atoms with Crippen molar-refractivity contribution in [1.29, 1.82) is 0 Å². The van der Waals surface area contributed by atoms with E-state index >= 15 is 0 Å². The Bertz CT molecular complexity index is 339. The SMILES string of the molecule is CNCC(C)(O)c1ccc(Cl)c(OC)c1. The van der Waals surface area contributed by atoms with E-state index in [-0.39, 0.29) is 0 Å². The molecule has 0 aromatic heterocycles. The van der Waals surface area contributed by atoms with E-state index in [0.29, 0.717) is 17.3 Å². The van der Waals surface area contributed by atoms with Gasteiger partial charge in [-0.05, 0) is 31.7 Å². The standard InChI is InChI=1S/C11H16ClNO2/c1-11(14,7-13-2)8-4-5-9(12)10(6-8)15-3/h4-6,13-14H,7H2,1-3H3. The van der Waals surface area contributed by atoms with E-state index < -0.39 is 5.60 Å². The Labute approximate surface area is 95.0 Å². The van der Waals surface area contributed by atoms with Crippen molar-refractivity contribution in [1.82, 2.24) is 5.32 Å². The van der Waals surface area contributed by atoms with E-state index in [0.717, 1.165) is 5.56 Å². The average molecular weight is 230 g/mol. The predicted molar refractivity (Wildman–Crippen MR) is 61.5 cm³/mol. The van der Waals surface area contributed by atoms with Gasteiger partial charge in [-0.3, -0.25) is 0 Å². The van der Waals surface area contributed by atoms with Gasteiger partial charge >= 0.3 is 0 Å². The third-order valence-electron chi connectivity index (χ3n) is 2.29. The van der Waals surface area contributed by atoms with Gasteiger partial charge in [-0.25, -0.2) is 0 Å². The molecule has 84 valence electrons. The Balaban J connectivity index is 3.04. The lowest BCUT2D eigenvalue weighted by Crippen LogP contribution is -2.33. The van der Waals surface area contributed by atoms with Crippen molar-refractivity contribution in [2.75, 3.05) is 20.7 Å². The van der Waals surface area contributed by atoms with Crippen molar-refractivity contribution < 1.29 is 9.84 Å². The lowest BCUT2D eigenvalue weighted by Gasteiger charge is -2.24. The minimum Gasteiger partial charge on any atom is -0.495 e. The van der Waals surface area contributed by atoms with Crippen molar-refractivity contribution in [2.24, 2.45) is 0 Å². The number of nitrogens with one attached hydrogen (secondary N) is 1. The Hall–Kier alpha value is -0.770. The fraction of sp³-hybridized carbons (Fsp3) is 0.455. The topological polar surface area (TPSA) is 41.5 Å². The molecule has 2 N–H and O–H groups in total. The largest absolute Gasteiger partial charge is 0.495 e. The molecule has 0 heterocycles. The zero-order chi connectivity index (χ0) is 11.5. The van der Waals surface area contributed by atoms with Crippen LogP contribution in [0, 0.1) is 0 Å². The van der Waals surface area contributed by atoms with E-state index in [9.17, 15) is 5.11 Å². The summed E-state index contributed by atoms with van der Waals surface area (Å²) in [5, 5.41) is 13.6. The molecule has 0 aliphatic carbocycles. The molecule has 15 heavy (non-hydrogen) atoms. The second-order valence-electron chi connectivity index (χ2n) is 3.65. The van der Waals surface area contributed by atoms with Gasteiger partial charge in [0.1, 0.15) is 5.75 Å². The van der Waals surface area contributed by atoms with Gasteiger partial charge in [-0.15, -0.1) is 0 Å². The second-order valence-corrected chi connectivity index (χ2v) is 4.06. The summed E-state index contributed by atoms with van der Waals surface area (Å²) in [6.45, 7) is 2.21. The van der Waals surface area contributed by atoms with Crippen LogP contribution in [0.1, 0.15) is 12.5 Å². The molecule has 0 radical (unpaired) electrons. The fourth-order valence-electron chi connectivity index (χ4n) is 1.44. The number of rotatable bonds is 4. The fourth-order valence-corrected chi connectivity index (χ4v) is 1.64. The van der Waals surface area contributed by atoms with Crippen molar-refractivity contribution in [3.8, 4) is 5.75 Å². The van der Waals surface area contributed by atoms with Gasteiger partial charge in [-0.1, -0.05) is 17.7 Å². The van der Waals surface area contributed by atoms with Crippen LogP contribution in [0.25, 0.3) is 0 Å². The van der Waals surface area contributed by atoms with Crippen LogP contribution in [0.5, 0.6) is 5.75 Å². The van der Waals surface area contributed by atoms with Crippen LogP contribution in [-0.2, 0) is 5.60 Å². The summed E-state index contributed by atoms with van der Waals surface area (Å²) in [6.07, 6.45) is 0. The van der Waals surface area contributed by atoms with Crippen LogP contribution in [0.2, 0.25) is 5.02 Å². The highest BCUT2D eigenvalue weighted by molar-refractivity contribution is 6.32. The summed E-state index contributed by atoms with van der Waals surface area (Å²) in [7, 11) is 3.35. The average Bonchev–Trinajstić information content (AvgIpc) is 2.18.